The molecule has 3 heteroatoms. The van der Waals surface area contributed by atoms with E-state index in [2.05, 4.69) is 35.8 Å². The van der Waals surface area contributed by atoms with Crippen LogP contribution in [0.5, 0.6) is 0 Å². The number of rotatable bonds is 7. The highest BCUT2D eigenvalue weighted by Gasteiger charge is 2.13. The van der Waals surface area contributed by atoms with Crippen molar-refractivity contribution >= 4 is 11.8 Å². The van der Waals surface area contributed by atoms with E-state index in [0.717, 1.165) is 6.04 Å². The number of hydrogen-bond acceptors (Lipinski definition) is 3. The van der Waals surface area contributed by atoms with Crippen LogP contribution in [0, 0.1) is 0 Å². The minimum Gasteiger partial charge on any atom is -0.313 e. The van der Waals surface area contributed by atoms with Crippen LogP contribution in [0.25, 0.3) is 0 Å². The normalized spacial score (nSPS) is 22.1. The van der Waals surface area contributed by atoms with Crippen molar-refractivity contribution in [1.82, 2.24) is 10.2 Å². The predicted octanol–water partition coefficient (Wildman–Crippen LogP) is 1.81. The van der Waals surface area contributed by atoms with Gasteiger partial charge in [-0.05, 0) is 32.5 Å². The van der Waals surface area contributed by atoms with Crippen LogP contribution in [0.4, 0.5) is 0 Å². The van der Waals surface area contributed by atoms with Gasteiger partial charge in [0.05, 0.1) is 0 Å². The molecule has 0 aliphatic carbocycles. The van der Waals surface area contributed by atoms with E-state index in [1.165, 1.54) is 50.5 Å². The molecule has 2 nitrogen and oxygen atoms in total. The molecule has 84 valence electrons. The van der Waals surface area contributed by atoms with Gasteiger partial charge in [0.15, 0.2) is 0 Å². The van der Waals surface area contributed by atoms with E-state index in [1.807, 2.05) is 0 Å². The molecule has 1 N–H and O–H groups in total. The first kappa shape index (κ1) is 12.3. The van der Waals surface area contributed by atoms with E-state index in [0.29, 0.717) is 0 Å². The summed E-state index contributed by atoms with van der Waals surface area (Å²) >= 11 is 2.11. The van der Waals surface area contributed by atoms with Crippen molar-refractivity contribution in [2.24, 2.45) is 0 Å². The first-order valence-electron chi connectivity index (χ1n) is 5.90. The number of nitrogens with one attached hydrogen (secondary N) is 1. The van der Waals surface area contributed by atoms with Gasteiger partial charge in [-0.3, -0.25) is 0 Å². The van der Waals surface area contributed by atoms with Gasteiger partial charge in [-0.15, -0.1) is 0 Å². The smallest absolute Gasteiger partial charge is 0.0158 e. The number of nitrogens with zero attached hydrogens (tertiary/aromatic N) is 1. The Morgan fingerprint density at radius 3 is 2.71 bits per heavy atom. The molecule has 1 saturated heterocycles. The molecule has 1 fully saturated rings. The molecular weight excluding hydrogens is 192 g/mol. The average Bonchev–Trinajstić information content (AvgIpc) is 2.71. The number of thioether (sulfide) groups is 1. The monoisotopic (exact) mass is 216 g/mol. The van der Waals surface area contributed by atoms with Crippen molar-refractivity contribution < 1.29 is 0 Å². The fourth-order valence-corrected chi connectivity index (χ4v) is 2.98. The minimum absolute atomic E-state index is 0.803. The maximum Gasteiger partial charge on any atom is 0.0158 e. The SMILES string of the molecule is CCN(CC)CCSCC1CCCN1. The zero-order valence-electron chi connectivity index (χ0n) is 9.59. The Labute approximate surface area is 92.8 Å². The second-order valence-corrected chi connectivity index (χ2v) is 5.04. The largest absolute Gasteiger partial charge is 0.313 e. The molecule has 0 aromatic carbocycles. The average molecular weight is 216 g/mol. The van der Waals surface area contributed by atoms with Crippen LogP contribution in [-0.2, 0) is 0 Å². The van der Waals surface area contributed by atoms with E-state index in [9.17, 15) is 0 Å². The first-order valence-corrected chi connectivity index (χ1v) is 7.05. The Bertz CT molecular complexity index is 127. The van der Waals surface area contributed by atoms with Crippen molar-refractivity contribution in [3.63, 3.8) is 0 Å². The van der Waals surface area contributed by atoms with E-state index >= 15 is 0 Å². The maximum absolute atomic E-state index is 3.54. The molecule has 1 rings (SSSR count). The first-order chi connectivity index (χ1) is 6.86. The molecule has 0 saturated carbocycles. The van der Waals surface area contributed by atoms with Gasteiger partial charge in [-0.2, -0.15) is 11.8 Å². The second-order valence-electron chi connectivity index (χ2n) is 3.90. The van der Waals surface area contributed by atoms with Gasteiger partial charge in [-0.1, -0.05) is 13.8 Å². The third kappa shape index (κ3) is 4.67. The van der Waals surface area contributed by atoms with Crippen LogP contribution in [0.3, 0.4) is 0 Å². The van der Waals surface area contributed by atoms with Crippen LogP contribution < -0.4 is 5.32 Å². The minimum atomic E-state index is 0.803. The second kappa shape index (κ2) is 7.55. The lowest BCUT2D eigenvalue weighted by Gasteiger charge is -2.18. The Balaban J connectivity index is 1.92. The molecule has 1 unspecified atom stereocenters. The van der Waals surface area contributed by atoms with Crippen molar-refractivity contribution in [3.8, 4) is 0 Å². The van der Waals surface area contributed by atoms with Gasteiger partial charge in [0.1, 0.15) is 0 Å². The summed E-state index contributed by atoms with van der Waals surface area (Å²) in [5, 5.41) is 3.54. The highest BCUT2D eigenvalue weighted by Crippen LogP contribution is 2.11. The fourth-order valence-electron chi connectivity index (χ4n) is 1.86. The van der Waals surface area contributed by atoms with Crippen LogP contribution in [0.15, 0.2) is 0 Å². The molecule has 0 spiro atoms. The molecule has 0 amide bonds. The van der Waals surface area contributed by atoms with Gasteiger partial charge in [0.25, 0.3) is 0 Å². The highest BCUT2D eigenvalue weighted by atomic mass is 32.2. The highest BCUT2D eigenvalue weighted by molar-refractivity contribution is 7.99. The summed E-state index contributed by atoms with van der Waals surface area (Å²) in [4.78, 5) is 2.50. The molecule has 1 aliphatic heterocycles. The molecular formula is C11H24N2S. The van der Waals surface area contributed by atoms with Gasteiger partial charge in [0.2, 0.25) is 0 Å². The van der Waals surface area contributed by atoms with Gasteiger partial charge in [-0.25, -0.2) is 0 Å². The quantitative estimate of drug-likeness (QED) is 0.654. The van der Waals surface area contributed by atoms with Crippen molar-refractivity contribution in [1.29, 1.82) is 0 Å². The van der Waals surface area contributed by atoms with Gasteiger partial charge < -0.3 is 10.2 Å². The topological polar surface area (TPSA) is 15.3 Å². The van der Waals surface area contributed by atoms with Crippen molar-refractivity contribution in [2.75, 3.05) is 37.7 Å². The summed E-state index contributed by atoms with van der Waals surface area (Å²) in [7, 11) is 0. The standard InChI is InChI=1S/C11H24N2S/c1-3-13(4-2)8-9-14-10-11-6-5-7-12-11/h11-12H,3-10H2,1-2H3. The van der Waals surface area contributed by atoms with E-state index in [1.54, 1.807) is 0 Å². The van der Waals surface area contributed by atoms with Crippen molar-refractivity contribution in [3.05, 3.63) is 0 Å². The van der Waals surface area contributed by atoms with E-state index in [-0.39, 0.29) is 0 Å². The van der Waals surface area contributed by atoms with Crippen LogP contribution in [-0.4, -0.2) is 48.6 Å². The molecule has 1 heterocycles. The Hall–Kier alpha value is 0.270. The van der Waals surface area contributed by atoms with E-state index in [4.69, 9.17) is 0 Å². The summed E-state index contributed by atoms with van der Waals surface area (Å²) in [5.74, 6) is 2.60. The third-order valence-corrected chi connectivity index (χ3v) is 4.04. The lowest BCUT2D eigenvalue weighted by molar-refractivity contribution is 0.324. The Kier molecular flexibility index (Phi) is 6.65. The van der Waals surface area contributed by atoms with Crippen LogP contribution in [0.2, 0.25) is 0 Å². The molecule has 14 heavy (non-hydrogen) atoms. The molecule has 0 aromatic rings. The fraction of sp³-hybridized carbons (Fsp3) is 1.00. The zero-order valence-corrected chi connectivity index (χ0v) is 10.4. The molecule has 0 aromatic heterocycles. The molecule has 0 radical (unpaired) electrons. The Morgan fingerprint density at radius 2 is 2.14 bits per heavy atom. The summed E-state index contributed by atoms with van der Waals surface area (Å²) in [5.41, 5.74) is 0. The molecule has 0 bridgehead atoms. The lowest BCUT2D eigenvalue weighted by Crippen LogP contribution is -2.27. The summed E-state index contributed by atoms with van der Waals surface area (Å²) in [6.45, 7) is 9.36. The third-order valence-electron chi connectivity index (χ3n) is 2.93. The van der Waals surface area contributed by atoms with E-state index < -0.39 is 0 Å². The van der Waals surface area contributed by atoms with Crippen LogP contribution in [0.1, 0.15) is 26.7 Å². The van der Waals surface area contributed by atoms with Gasteiger partial charge in [0, 0.05) is 24.1 Å². The molecule has 1 atom stereocenters. The van der Waals surface area contributed by atoms with Crippen LogP contribution >= 0.6 is 11.8 Å². The molecule has 1 aliphatic rings. The van der Waals surface area contributed by atoms with Crippen molar-refractivity contribution in [2.45, 2.75) is 32.7 Å². The predicted molar refractivity (Wildman–Crippen MR) is 66.1 cm³/mol. The number of hydrogen-bond donors (Lipinski definition) is 1. The lowest BCUT2D eigenvalue weighted by atomic mass is 10.3. The summed E-state index contributed by atoms with van der Waals surface area (Å²) < 4.78 is 0. The Morgan fingerprint density at radius 1 is 1.36 bits per heavy atom. The zero-order chi connectivity index (χ0) is 10.2. The maximum atomic E-state index is 3.54. The summed E-state index contributed by atoms with van der Waals surface area (Å²) in [6, 6.07) is 0.803. The van der Waals surface area contributed by atoms with Gasteiger partial charge >= 0.3 is 0 Å². The summed E-state index contributed by atoms with van der Waals surface area (Å²) in [6.07, 6.45) is 2.76.